The molecular weight excluding hydrogens is 266 g/mol. The van der Waals surface area contributed by atoms with Crippen LogP contribution < -0.4 is 5.32 Å². The normalized spacial score (nSPS) is 25.3. The molecule has 5 heteroatoms. The Morgan fingerprint density at radius 1 is 1.52 bits per heavy atom. The standard InChI is InChI=1S/C16H21N3O2/c1-3-21-15(20)16(17-2)9-8-13(10-16)19-14-7-5-4-6-12(14)11-18-19/h4-7,11,13,17H,3,8-10H2,1-2H3. The van der Waals surface area contributed by atoms with E-state index in [0.29, 0.717) is 13.0 Å². The Balaban J connectivity index is 1.87. The average Bonchev–Trinajstić information content (AvgIpc) is 3.12. The molecule has 0 bridgehead atoms. The quantitative estimate of drug-likeness (QED) is 0.877. The average molecular weight is 287 g/mol. The van der Waals surface area contributed by atoms with Gasteiger partial charge in [0, 0.05) is 5.39 Å². The SMILES string of the molecule is CCOC(=O)C1(NC)CCC(n2ncc3ccccc32)C1. The fourth-order valence-electron chi connectivity index (χ4n) is 3.29. The van der Waals surface area contributed by atoms with E-state index < -0.39 is 5.54 Å². The number of para-hydroxylation sites is 1. The third-order valence-electron chi connectivity index (χ3n) is 4.48. The Labute approximate surface area is 124 Å². The van der Waals surface area contributed by atoms with Crippen LogP contribution in [0.1, 0.15) is 32.2 Å². The molecule has 1 fully saturated rings. The molecule has 1 heterocycles. The van der Waals surface area contributed by atoms with E-state index in [1.165, 1.54) is 0 Å². The lowest BCUT2D eigenvalue weighted by Crippen LogP contribution is -2.49. The van der Waals surface area contributed by atoms with E-state index in [0.717, 1.165) is 23.7 Å². The number of nitrogens with one attached hydrogen (secondary N) is 1. The van der Waals surface area contributed by atoms with Crippen LogP contribution in [-0.4, -0.2) is 34.9 Å². The molecular formula is C16H21N3O2. The minimum atomic E-state index is -0.576. The highest BCUT2D eigenvalue weighted by molar-refractivity contribution is 5.82. The Hall–Kier alpha value is -1.88. The molecule has 0 amide bonds. The van der Waals surface area contributed by atoms with Crippen molar-refractivity contribution in [2.75, 3.05) is 13.7 Å². The number of ether oxygens (including phenoxy) is 1. The monoisotopic (exact) mass is 287 g/mol. The fraction of sp³-hybridized carbons (Fsp3) is 0.500. The van der Waals surface area contributed by atoms with Crippen LogP contribution in [0.3, 0.4) is 0 Å². The number of likely N-dealkylation sites (N-methyl/N-ethyl adjacent to an activating group) is 1. The van der Waals surface area contributed by atoms with E-state index >= 15 is 0 Å². The molecule has 0 spiro atoms. The van der Waals surface area contributed by atoms with Crippen molar-refractivity contribution in [2.24, 2.45) is 0 Å². The van der Waals surface area contributed by atoms with Crippen molar-refractivity contribution < 1.29 is 9.53 Å². The molecule has 0 saturated heterocycles. The van der Waals surface area contributed by atoms with Gasteiger partial charge in [0.15, 0.2) is 0 Å². The number of carbonyl (C=O) groups excluding carboxylic acids is 1. The Bertz CT molecular complexity index is 652. The molecule has 0 aliphatic heterocycles. The maximum absolute atomic E-state index is 12.3. The number of fused-ring (bicyclic) bond motifs is 1. The van der Waals surface area contributed by atoms with Crippen LogP contribution in [0.2, 0.25) is 0 Å². The number of nitrogens with zero attached hydrogens (tertiary/aromatic N) is 2. The summed E-state index contributed by atoms with van der Waals surface area (Å²) >= 11 is 0. The Kier molecular flexibility index (Phi) is 3.68. The lowest BCUT2D eigenvalue weighted by Gasteiger charge is -2.26. The first-order valence-corrected chi connectivity index (χ1v) is 7.48. The maximum atomic E-state index is 12.3. The van der Waals surface area contributed by atoms with Gasteiger partial charge in [-0.05, 0) is 39.3 Å². The highest BCUT2D eigenvalue weighted by atomic mass is 16.5. The highest BCUT2D eigenvalue weighted by Crippen LogP contribution is 2.39. The molecule has 1 aromatic carbocycles. The van der Waals surface area contributed by atoms with Crippen LogP contribution in [0.15, 0.2) is 30.5 Å². The van der Waals surface area contributed by atoms with E-state index in [4.69, 9.17) is 4.74 Å². The van der Waals surface area contributed by atoms with Crippen LogP contribution in [-0.2, 0) is 9.53 Å². The van der Waals surface area contributed by atoms with E-state index in [9.17, 15) is 4.79 Å². The Morgan fingerprint density at radius 2 is 2.33 bits per heavy atom. The van der Waals surface area contributed by atoms with Gasteiger partial charge in [0.25, 0.3) is 0 Å². The first-order chi connectivity index (χ1) is 10.2. The summed E-state index contributed by atoms with van der Waals surface area (Å²) in [6, 6.07) is 8.39. The number of aromatic nitrogens is 2. The highest BCUT2D eigenvalue weighted by Gasteiger charge is 2.46. The van der Waals surface area contributed by atoms with Gasteiger partial charge in [-0.3, -0.25) is 9.48 Å². The molecule has 1 aliphatic carbocycles. The second-order valence-corrected chi connectivity index (χ2v) is 5.60. The minimum Gasteiger partial charge on any atom is -0.465 e. The van der Waals surface area contributed by atoms with Crippen LogP contribution in [0.4, 0.5) is 0 Å². The lowest BCUT2D eigenvalue weighted by atomic mass is 9.98. The molecule has 2 aromatic rings. The molecule has 5 nitrogen and oxygen atoms in total. The summed E-state index contributed by atoms with van der Waals surface area (Å²) in [6.45, 7) is 2.26. The molecule has 0 radical (unpaired) electrons. The molecule has 21 heavy (non-hydrogen) atoms. The van der Waals surface area contributed by atoms with Crippen molar-refractivity contribution in [2.45, 2.75) is 37.8 Å². The number of hydrogen-bond acceptors (Lipinski definition) is 4. The summed E-state index contributed by atoms with van der Waals surface area (Å²) in [5.74, 6) is -0.147. The van der Waals surface area contributed by atoms with Gasteiger partial charge in [-0.15, -0.1) is 0 Å². The molecule has 112 valence electrons. The fourth-order valence-corrected chi connectivity index (χ4v) is 3.29. The maximum Gasteiger partial charge on any atom is 0.326 e. The van der Waals surface area contributed by atoms with E-state index in [1.54, 1.807) is 0 Å². The number of benzene rings is 1. The van der Waals surface area contributed by atoms with Crippen molar-refractivity contribution in [3.63, 3.8) is 0 Å². The van der Waals surface area contributed by atoms with Crippen LogP contribution >= 0.6 is 0 Å². The smallest absolute Gasteiger partial charge is 0.326 e. The number of esters is 1. The first-order valence-electron chi connectivity index (χ1n) is 7.48. The number of carbonyl (C=O) groups is 1. The topological polar surface area (TPSA) is 56.1 Å². The minimum absolute atomic E-state index is 0.147. The third kappa shape index (κ3) is 2.31. The molecule has 1 N–H and O–H groups in total. The second-order valence-electron chi connectivity index (χ2n) is 5.60. The summed E-state index contributed by atoms with van der Waals surface area (Å²) in [5, 5.41) is 8.84. The molecule has 3 rings (SSSR count). The van der Waals surface area contributed by atoms with Crippen molar-refractivity contribution in [3.05, 3.63) is 30.5 Å². The zero-order valence-electron chi connectivity index (χ0n) is 12.5. The second kappa shape index (κ2) is 5.48. The largest absolute Gasteiger partial charge is 0.465 e. The lowest BCUT2D eigenvalue weighted by molar-refractivity contribution is -0.150. The summed E-state index contributed by atoms with van der Waals surface area (Å²) in [5.41, 5.74) is 0.548. The van der Waals surface area contributed by atoms with Gasteiger partial charge in [0.2, 0.25) is 0 Å². The summed E-state index contributed by atoms with van der Waals surface area (Å²) < 4.78 is 7.29. The van der Waals surface area contributed by atoms with Gasteiger partial charge in [0.05, 0.1) is 24.4 Å². The van der Waals surface area contributed by atoms with E-state index in [1.807, 2.05) is 37.0 Å². The Morgan fingerprint density at radius 3 is 3.10 bits per heavy atom. The van der Waals surface area contributed by atoms with E-state index in [2.05, 4.69) is 22.5 Å². The van der Waals surface area contributed by atoms with Crippen molar-refractivity contribution >= 4 is 16.9 Å². The van der Waals surface area contributed by atoms with Gasteiger partial charge in [-0.25, -0.2) is 0 Å². The van der Waals surface area contributed by atoms with Crippen molar-refractivity contribution in [1.82, 2.24) is 15.1 Å². The van der Waals surface area contributed by atoms with Gasteiger partial charge < -0.3 is 10.1 Å². The first kappa shape index (κ1) is 14.1. The number of rotatable bonds is 4. The zero-order chi connectivity index (χ0) is 14.9. The third-order valence-corrected chi connectivity index (χ3v) is 4.48. The van der Waals surface area contributed by atoms with Gasteiger partial charge >= 0.3 is 5.97 Å². The summed E-state index contributed by atoms with van der Waals surface area (Å²) in [7, 11) is 1.83. The van der Waals surface area contributed by atoms with Gasteiger partial charge in [0.1, 0.15) is 5.54 Å². The zero-order valence-corrected chi connectivity index (χ0v) is 12.5. The molecule has 2 atom stereocenters. The van der Waals surface area contributed by atoms with Crippen molar-refractivity contribution in [3.8, 4) is 0 Å². The molecule has 1 saturated carbocycles. The number of hydrogen-bond donors (Lipinski definition) is 1. The van der Waals surface area contributed by atoms with E-state index in [-0.39, 0.29) is 12.0 Å². The van der Waals surface area contributed by atoms with Crippen LogP contribution in [0.5, 0.6) is 0 Å². The van der Waals surface area contributed by atoms with Crippen LogP contribution in [0.25, 0.3) is 10.9 Å². The molecule has 1 aromatic heterocycles. The molecule has 2 unspecified atom stereocenters. The predicted octanol–water partition coefficient (Wildman–Crippen LogP) is 2.28. The summed E-state index contributed by atoms with van der Waals surface area (Å²) in [4.78, 5) is 12.3. The molecule has 1 aliphatic rings. The summed E-state index contributed by atoms with van der Waals surface area (Å²) in [6.07, 6.45) is 4.31. The predicted molar refractivity (Wildman–Crippen MR) is 81.0 cm³/mol. The van der Waals surface area contributed by atoms with Crippen molar-refractivity contribution in [1.29, 1.82) is 0 Å². The van der Waals surface area contributed by atoms with Gasteiger partial charge in [-0.1, -0.05) is 18.2 Å². The van der Waals surface area contributed by atoms with Gasteiger partial charge in [-0.2, -0.15) is 5.10 Å². The van der Waals surface area contributed by atoms with Crippen LogP contribution in [0, 0.1) is 0 Å².